The molecule has 0 aliphatic carbocycles. The summed E-state index contributed by atoms with van der Waals surface area (Å²) in [6, 6.07) is 11.9. The number of hydrogen-bond donors (Lipinski definition) is 1. The largest absolute Gasteiger partial charge is 0.326 e. The van der Waals surface area contributed by atoms with Gasteiger partial charge in [0.05, 0.1) is 4.90 Å². The fourth-order valence-corrected chi connectivity index (χ4v) is 5.09. The molecular weight excluding hydrogens is 414 g/mol. The molecule has 0 unspecified atom stereocenters. The van der Waals surface area contributed by atoms with Gasteiger partial charge in [-0.1, -0.05) is 44.7 Å². The quantitative estimate of drug-likeness (QED) is 0.679. The molecule has 164 valence electrons. The number of carbonyl (C=O) groups is 2. The topological polar surface area (TPSA) is 86.8 Å². The number of nitrogens with zero attached hydrogens (tertiary/aromatic N) is 2. The van der Waals surface area contributed by atoms with Crippen LogP contribution in [0.2, 0.25) is 0 Å². The van der Waals surface area contributed by atoms with Crippen molar-refractivity contribution in [2.24, 2.45) is 0 Å². The number of aryl methyl sites for hydroxylation is 1. The first-order chi connectivity index (χ1) is 14.7. The second-order valence-electron chi connectivity index (χ2n) is 7.31. The van der Waals surface area contributed by atoms with E-state index in [-0.39, 0.29) is 29.7 Å². The standard InChI is InChI=1S/C23H27N3O4S/c1-5-25(6-2)31(29,30)18-12-11-16(3)21(15-18)24-22(27)13-14-26-17(4)19-9-7-8-10-20(19)23(26)28/h7-12,15H,4-6,13-14H2,1-3H3,(H,24,27). The first-order valence-corrected chi connectivity index (χ1v) is 11.7. The summed E-state index contributed by atoms with van der Waals surface area (Å²) in [6.45, 7) is 10.3. The minimum absolute atomic E-state index is 0.0607. The van der Waals surface area contributed by atoms with Gasteiger partial charge in [0.15, 0.2) is 0 Å². The van der Waals surface area contributed by atoms with Crippen LogP contribution in [0.15, 0.2) is 53.9 Å². The third-order valence-corrected chi connectivity index (χ3v) is 7.47. The number of anilines is 1. The van der Waals surface area contributed by atoms with Crippen molar-refractivity contribution in [3.05, 3.63) is 65.7 Å². The smallest absolute Gasteiger partial charge is 0.258 e. The van der Waals surface area contributed by atoms with Crippen LogP contribution in [-0.4, -0.2) is 49.1 Å². The van der Waals surface area contributed by atoms with E-state index in [4.69, 9.17) is 0 Å². The molecule has 1 aliphatic rings. The van der Waals surface area contributed by atoms with Gasteiger partial charge in [-0.15, -0.1) is 0 Å². The van der Waals surface area contributed by atoms with E-state index in [1.165, 1.54) is 15.3 Å². The minimum atomic E-state index is -3.63. The maximum Gasteiger partial charge on any atom is 0.258 e. The fraction of sp³-hybridized carbons (Fsp3) is 0.304. The predicted octanol–water partition coefficient (Wildman–Crippen LogP) is 3.48. The van der Waals surface area contributed by atoms with Gasteiger partial charge in [-0.3, -0.25) is 9.59 Å². The van der Waals surface area contributed by atoms with Crippen LogP contribution in [0.5, 0.6) is 0 Å². The number of carbonyl (C=O) groups excluding carboxylic acids is 2. The highest BCUT2D eigenvalue weighted by Crippen LogP contribution is 2.31. The summed E-state index contributed by atoms with van der Waals surface area (Å²) in [5, 5.41) is 2.78. The van der Waals surface area contributed by atoms with Crippen LogP contribution >= 0.6 is 0 Å². The summed E-state index contributed by atoms with van der Waals surface area (Å²) in [4.78, 5) is 26.8. The van der Waals surface area contributed by atoms with Gasteiger partial charge in [-0.2, -0.15) is 4.31 Å². The van der Waals surface area contributed by atoms with Crippen LogP contribution in [0.4, 0.5) is 5.69 Å². The molecule has 3 rings (SSSR count). The Balaban J connectivity index is 1.70. The highest BCUT2D eigenvalue weighted by molar-refractivity contribution is 7.89. The van der Waals surface area contributed by atoms with E-state index in [0.29, 0.717) is 30.0 Å². The average molecular weight is 442 g/mol. The second-order valence-corrected chi connectivity index (χ2v) is 9.25. The number of amides is 2. The Hall–Kier alpha value is -2.97. The van der Waals surface area contributed by atoms with Crippen molar-refractivity contribution >= 4 is 33.2 Å². The fourth-order valence-electron chi connectivity index (χ4n) is 3.61. The summed E-state index contributed by atoms with van der Waals surface area (Å²) < 4.78 is 26.9. The molecule has 31 heavy (non-hydrogen) atoms. The first kappa shape index (κ1) is 22.7. The molecule has 0 atom stereocenters. The van der Waals surface area contributed by atoms with E-state index in [0.717, 1.165) is 11.1 Å². The molecule has 0 saturated heterocycles. The van der Waals surface area contributed by atoms with E-state index < -0.39 is 10.0 Å². The van der Waals surface area contributed by atoms with E-state index >= 15 is 0 Å². The Morgan fingerprint density at radius 2 is 1.74 bits per heavy atom. The number of fused-ring (bicyclic) bond motifs is 1. The van der Waals surface area contributed by atoms with Gasteiger partial charge >= 0.3 is 0 Å². The molecule has 0 bridgehead atoms. The average Bonchev–Trinajstić information content (AvgIpc) is 2.99. The van der Waals surface area contributed by atoms with Gasteiger partial charge in [-0.05, 0) is 30.7 Å². The lowest BCUT2D eigenvalue weighted by Crippen LogP contribution is -2.30. The summed E-state index contributed by atoms with van der Waals surface area (Å²) in [6.07, 6.45) is 0.0607. The normalized spacial score (nSPS) is 13.6. The number of sulfonamides is 1. The monoisotopic (exact) mass is 441 g/mol. The van der Waals surface area contributed by atoms with Crippen LogP contribution in [0.1, 0.15) is 41.8 Å². The van der Waals surface area contributed by atoms with Gasteiger partial charge in [0.2, 0.25) is 15.9 Å². The van der Waals surface area contributed by atoms with Crippen LogP contribution in [-0.2, 0) is 14.8 Å². The van der Waals surface area contributed by atoms with Crippen molar-refractivity contribution < 1.29 is 18.0 Å². The summed E-state index contributed by atoms with van der Waals surface area (Å²) in [5.74, 6) is -0.478. The lowest BCUT2D eigenvalue weighted by molar-refractivity contribution is -0.116. The van der Waals surface area contributed by atoms with Crippen molar-refractivity contribution in [2.45, 2.75) is 32.1 Å². The molecule has 2 aromatic rings. The molecular formula is C23H27N3O4S. The van der Waals surface area contributed by atoms with Gasteiger partial charge < -0.3 is 10.2 Å². The Morgan fingerprint density at radius 1 is 1.10 bits per heavy atom. The third kappa shape index (κ3) is 4.40. The lowest BCUT2D eigenvalue weighted by atomic mass is 10.1. The first-order valence-electron chi connectivity index (χ1n) is 10.2. The number of hydrogen-bond acceptors (Lipinski definition) is 4. The van der Waals surface area contributed by atoms with Crippen molar-refractivity contribution in [3.8, 4) is 0 Å². The molecule has 0 radical (unpaired) electrons. The van der Waals surface area contributed by atoms with E-state index in [9.17, 15) is 18.0 Å². The molecule has 0 saturated carbocycles. The highest BCUT2D eigenvalue weighted by atomic mass is 32.2. The Labute approximate surface area is 183 Å². The molecule has 0 spiro atoms. The number of nitrogens with one attached hydrogen (secondary N) is 1. The zero-order valence-corrected chi connectivity index (χ0v) is 18.8. The molecule has 0 aromatic heterocycles. The maximum absolute atomic E-state index is 12.8. The Morgan fingerprint density at radius 3 is 2.35 bits per heavy atom. The molecule has 1 aliphatic heterocycles. The zero-order chi connectivity index (χ0) is 22.8. The molecule has 1 heterocycles. The summed E-state index contributed by atoms with van der Waals surface area (Å²) in [7, 11) is -3.63. The van der Waals surface area contributed by atoms with Crippen LogP contribution in [0.25, 0.3) is 5.70 Å². The van der Waals surface area contributed by atoms with Gasteiger partial charge in [-0.25, -0.2) is 8.42 Å². The highest BCUT2D eigenvalue weighted by Gasteiger charge is 2.30. The van der Waals surface area contributed by atoms with Crippen LogP contribution < -0.4 is 5.32 Å². The molecule has 2 amide bonds. The Kier molecular flexibility index (Phi) is 6.62. The van der Waals surface area contributed by atoms with E-state index in [1.54, 1.807) is 45.0 Å². The summed E-state index contributed by atoms with van der Waals surface area (Å²) >= 11 is 0. The predicted molar refractivity (Wildman–Crippen MR) is 121 cm³/mol. The molecule has 1 N–H and O–H groups in total. The molecule has 0 fully saturated rings. The van der Waals surface area contributed by atoms with Crippen LogP contribution in [0.3, 0.4) is 0 Å². The van der Waals surface area contributed by atoms with Crippen molar-refractivity contribution in [2.75, 3.05) is 25.0 Å². The SMILES string of the molecule is C=C1c2ccccc2C(=O)N1CCC(=O)Nc1cc(S(=O)(=O)N(CC)CC)ccc1C. The summed E-state index contributed by atoms with van der Waals surface area (Å²) in [5.41, 5.74) is 3.13. The van der Waals surface area contributed by atoms with Crippen molar-refractivity contribution in [1.29, 1.82) is 0 Å². The minimum Gasteiger partial charge on any atom is -0.326 e. The van der Waals surface area contributed by atoms with E-state index in [2.05, 4.69) is 11.9 Å². The number of benzene rings is 2. The van der Waals surface area contributed by atoms with Crippen molar-refractivity contribution in [3.63, 3.8) is 0 Å². The van der Waals surface area contributed by atoms with Gasteiger partial charge in [0, 0.05) is 48.6 Å². The van der Waals surface area contributed by atoms with Crippen LogP contribution in [0, 0.1) is 6.92 Å². The molecule has 2 aromatic carbocycles. The van der Waals surface area contributed by atoms with Gasteiger partial charge in [0.1, 0.15) is 0 Å². The molecule has 8 heteroatoms. The lowest BCUT2D eigenvalue weighted by Gasteiger charge is -2.20. The maximum atomic E-state index is 12.8. The number of rotatable bonds is 8. The third-order valence-electron chi connectivity index (χ3n) is 5.43. The van der Waals surface area contributed by atoms with Gasteiger partial charge in [0.25, 0.3) is 5.91 Å². The Bertz CT molecular complexity index is 1100. The molecule has 7 nitrogen and oxygen atoms in total. The van der Waals surface area contributed by atoms with E-state index in [1.807, 2.05) is 12.1 Å². The zero-order valence-electron chi connectivity index (χ0n) is 18.0. The second kappa shape index (κ2) is 9.03. The van der Waals surface area contributed by atoms with Crippen molar-refractivity contribution in [1.82, 2.24) is 9.21 Å².